The molecule has 2 rings (SSSR count). The van der Waals surface area contributed by atoms with Crippen molar-refractivity contribution < 1.29 is 0 Å². The van der Waals surface area contributed by atoms with E-state index in [1.165, 1.54) is 5.56 Å². The van der Waals surface area contributed by atoms with Crippen LogP contribution in [-0.2, 0) is 6.42 Å². The summed E-state index contributed by atoms with van der Waals surface area (Å²) < 4.78 is 1.11. The Kier molecular flexibility index (Phi) is 5.15. The van der Waals surface area contributed by atoms with Gasteiger partial charge in [0.25, 0.3) is 0 Å². The van der Waals surface area contributed by atoms with Crippen LogP contribution >= 0.6 is 15.9 Å². The molecule has 0 unspecified atom stereocenters. The highest BCUT2D eigenvalue weighted by atomic mass is 79.9. The zero-order chi connectivity index (χ0) is 13.5. The highest BCUT2D eigenvalue weighted by Gasteiger charge is 1.98. The maximum atomic E-state index is 4.20. The first-order valence-electron chi connectivity index (χ1n) is 6.32. The van der Waals surface area contributed by atoms with Crippen molar-refractivity contribution in [1.82, 2.24) is 9.97 Å². The first-order chi connectivity index (χ1) is 9.28. The molecular weight excluding hydrogens is 304 g/mol. The zero-order valence-corrected chi connectivity index (χ0v) is 12.4. The average Bonchev–Trinajstić information content (AvgIpc) is 2.42. The van der Waals surface area contributed by atoms with E-state index in [9.17, 15) is 0 Å². The molecule has 0 bridgehead atoms. The minimum atomic E-state index is 0.850. The minimum absolute atomic E-state index is 0.850. The zero-order valence-electron chi connectivity index (χ0n) is 10.9. The SMILES string of the molecule is CCNc1cc(NCCc2ccc(Br)cc2)ncn1. The second-order valence-electron chi connectivity index (χ2n) is 4.12. The second-order valence-corrected chi connectivity index (χ2v) is 5.04. The molecule has 5 heteroatoms. The van der Waals surface area contributed by atoms with Gasteiger partial charge in [-0.25, -0.2) is 9.97 Å². The first kappa shape index (κ1) is 13.8. The Labute approximate surface area is 121 Å². The molecule has 100 valence electrons. The summed E-state index contributed by atoms with van der Waals surface area (Å²) in [5.41, 5.74) is 1.30. The lowest BCUT2D eigenvalue weighted by Gasteiger charge is -2.07. The van der Waals surface area contributed by atoms with E-state index < -0.39 is 0 Å². The number of nitrogens with zero attached hydrogens (tertiary/aromatic N) is 2. The van der Waals surface area contributed by atoms with Crippen molar-refractivity contribution >= 4 is 27.6 Å². The van der Waals surface area contributed by atoms with Gasteiger partial charge in [0.2, 0.25) is 0 Å². The Balaban J connectivity index is 1.85. The standard InChI is InChI=1S/C14H17BrN4/c1-2-16-13-9-14(19-10-18-13)17-8-7-11-3-5-12(15)6-4-11/h3-6,9-10H,2,7-8H2,1H3,(H2,16,17,18,19). The van der Waals surface area contributed by atoms with Crippen LogP contribution in [0.15, 0.2) is 41.1 Å². The van der Waals surface area contributed by atoms with Crippen molar-refractivity contribution in [2.45, 2.75) is 13.3 Å². The number of benzene rings is 1. The highest BCUT2D eigenvalue weighted by molar-refractivity contribution is 9.10. The molecule has 0 spiro atoms. The number of anilines is 2. The van der Waals surface area contributed by atoms with Crippen molar-refractivity contribution in [2.24, 2.45) is 0 Å². The molecule has 0 amide bonds. The van der Waals surface area contributed by atoms with E-state index in [1.54, 1.807) is 6.33 Å². The van der Waals surface area contributed by atoms with Gasteiger partial charge in [0.1, 0.15) is 18.0 Å². The van der Waals surface area contributed by atoms with Crippen LogP contribution in [0.25, 0.3) is 0 Å². The summed E-state index contributed by atoms with van der Waals surface area (Å²) in [5, 5.41) is 6.47. The summed E-state index contributed by atoms with van der Waals surface area (Å²) >= 11 is 3.43. The maximum absolute atomic E-state index is 4.20. The third kappa shape index (κ3) is 4.52. The molecule has 1 aromatic carbocycles. The number of hydrogen-bond donors (Lipinski definition) is 2. The molecule has 0 aliphatic carbocycles. The van der Waals surface area contributed by atoms with Crippen LogP contribution < -0.4 is 10.6 Å². The Morgan fingerprint density at radius 3 is 2.42 bits per heavy atom. The molecule has 4 nitrogen and oxygen atoms in total. The first-order valence-corrected chi connectivity index (χ1v) is 7.11. The quantitative estimate of drug-likeness (QED) is 0.857. The largest absolute Gasteiger partial charge is 0.370 e. The van der Waals surface area contributed by atoms with Crippen LogP contribution in [0, 0.1) is 0 Å². The predicted octanol–water partition coefficient (Wildman–Crippen LogP) is 3.33. The summed E-state index contributed by atoms with van der Waals surface area (Å²) in [6, 6.07) is 10.3. The van der Waals surface area contributed by atoms with Gasteiger partial charge in [0.05, 0.1) is 0 Å². The number of aromatic nitrogens is 2. The van der Waals surface area contributed by atoms with Crippen molar-refractivity contribution in [1.29, 1.82) is 0 Å². The van der Waals surface area contributed by atoms with E-state index in [0.29, 0.717) is 0 Å². The second kappa shape index (κ2) is 7.09. The molecule has 0 aliphatic rings. The molecule has 0 saturated carbocycles. The number of hydrogen-bond acceptors (Lipinski definition) is 4. The highest BCUT2D eigenvalue weighted by Crippen LogP contribution is 2.12. The molecule has 2 aromatic rings. The molecule has 0 aliphatic heterocycles. The lowest BCUT2D eigenvalue weighted by Crippen LogP contribution is -2.07. The van der Waals surface area contributed by atoms with Gasteiger partial charge >= 0.3 is 0 Å². The smallest absolute Gasteiger partial charge is 0.131 e. The fourth-order valence-electron chi connectivity index (χ4n) is 1.72. The van der Waals surface area contributed by atoms with E-state index in [0.717, 1.165) is 35.6 Å². The monoisotopic (exact) mass is 320 g/mol. The molecule has 0 atom stereocenters. The summed E-state index contributed by atoms with van der Waals surface area (Å²) in [4.78, 5) is 8.33. The fourth-order valence-corrected chi connectivity index (χ4v) is 1.98. The van der Waals surface area contributed by atoms with E-state index >= 15 is 0 Å². The summed E-state index contributed by atoms with van der Waals surface area (Å²) in [5.74, 6) is 1.70. The topological polar surface area (TPSA) is 49.8 Å². The van der Waals surface area contributed by atoms with Gasteiger partial charge in [-0.2, -0.15) is 0 Å². The number of halogens is 1. The van der Waals surface area contributed by atoms with Crippen LogP contribution in [0.1, 0.15) is 12.5 Å². The summed E-state index contributed by atoms with van der Waals surface area (Å²) in [6.45, 7) is 3.75. The minimum Gasteiger partial charge on any atom is -0.370 e. The Morgan fingerprint density at radius 1 is 1.05 bits per heavy atom. The van der Waals surface area contributed by atoms with Gasteiger partial charge in [-0.05, 0) is 31.0 Å². The summed E-state index contributed by atoms with van der Waals surface area (Å²) in [7, 11) is 0. The van der Waals surface area contributed by atoms with Crippen LogP contribution in [0.5, 0.6) is 0 Å². The third-order valence-electron chi connectivity index (χ3n) is 2.66. The molecule has 0 saturated heterocycles. The third-order valence-corrected chi connectivity index (χ3v) is 3.19. The van der Waals surface area contributed by atoms with Crippen molar-refractivity contribution in [3.8, 4) is 0 Å². The molecular formula is C14H17BrN4. The van der Waals surface area contributed by atoms with Gasteiger partial charge in [-0.1, -0.05) is 28.1 Å². The van der Waals surface area contributed by atoms with E-state index in [1.807, 2.05) is 13.0 Å². The Bertz CT molecular complexity index is 513. The normalized spacial score (nSPS) is 10.2. The lowest BCUT2D eigenvalue weighted by atomic mass is 10.1. The molecule has 0 radical (unpaired) electrons. The molecule has 2 N–H and O–H groups in total. The van der Waals surface area contributed by atoms with Gasteiger partial charge in [-0.3, -0.25) is 0 Å². The van der Waals surface area contributed by atoms with Crippen LogP contribution in [0.2, 0.25) is 0 Å². The van der Waals surface area contributed by atoms with E-state index in [2.05, 4.69) is 60.8 Å². The summed E-state index contributed by atoms with van der Waals surface area (Å²) in [6.07, 6.45) is 2.54. The lowest BCUT2D eigenvalue weighted by molar-refractivity contribution is 0.997. The molecule has 1 heterocycles. The number of rotatable bonds is 6. The number of nitrogens with one attached hydrogen (secondary N) is 2. The average molecular weight is 321 g/mol. The van der Waals surface area contributed by atoms with Crippen LogP contribution in [0.4, 0.5) is 11.6 Å². The van der Waals surface area contributed by atoms with Gasteiger partial charge in [0, 0.05) is 23.6 Å². The molecule has 0 fully saturated rings. The van der Waals surface area contributed by atoms with Crippen LogP contribution in [-0.4, -0.2) is 23.1 Å². The fraction of sp³-hybridized carbons (Fsp3) is 0.286. The van der Waals surface area contributed by atoms with Crippen molar-refractivity contribution in [3.05, 3.63) is 46.7 Å². The van der Waals surface area contributed by atoms with Gasteiger partial charge < -0.3 is 10.6 Å². The van der Waals surface area contributed by atoms with E-state index in [-0.39, 0.29) is 0 Å². The van der Waals surface area contributed by atoms with Gasteiger partial charge in [-0.15, -0.1) is 0 Å². The molecule has 19 heavy (non-hydrogen) atoms. The Hall–Kier alpha value is -1.62. The van der Waals surface area contributed by atoms with Crippen molar-refractivity contribution in [3.63, 3.8) is 0 Å². The van der Waals surface area contributed by atoms with Gasteiger partial charge in [0.15, 0.2) is 0 Å². The molecule has 1 aromatic heterocycles. The Morgan fingerprint density at radius 2 is 1.74 bits per heavy atom. The maximum Gasteiger partial charge on any atom is 0.131 e. The predicted molar refractivity (Wildman–Crippen MR) is 82.5 cm³/mol. The van der Waals surface area contributed by atoms with Crippen LogP contribution in [0.3, 0.4) is 0 Å². The van der Waals surface area contributed by atoms with E-state index in [4.69, 9.17) is 0 Å². The van der Waals surface area contributed by atoms with Crippen molar-refractivity contribution in [2.75, 3.05) is 23.7 Å².